The number of rotatable bonds is 1. The van der Waals surface area contributed by atoms with Crippen molar-refractivity contribution in [3.8, 4) is 0 Å². The molecule has 0 aliphatic heterocycles. The van der Waals surface area contributed by atoms with Gasteiger partial charge < -0.3 is 41.8 Å². The van der Waals surface area contributed by atoms with Crippen molar-refractivity contribution in [2.24, 2.45) is 11.5 Å². The molecule has 0 spiro atoms. The number of aliphatic hydroxyl groups excluding tert-OH is 3. The van der Waals surface area contributed by atoms with Crippen molar-refractivity contribution in [1.82, 2.24) is 0 Å². The molecule has 0 amide bonds. The molecule has 4 unspecified atom stereocenters. The van der Waals surface area contributed by atoms with Crippen molar-refractivity contribution < 1.29 is 51.4 Å². The third-order valence-corrected chi connectivity index (χ3v) is 4.11. The molecular formula is C13H24N2O6Pt. The molecule has 2 rings (SSSR count). The summed E-state index contributed by atoms with van der Waals surface area (Å²) >= 11 is 0. The van der Waals surface area contributed by atoms with Crippen LogP contribution in [-0.2, 0) is 25.9 Å². The van der Waals surface area contributed by atoms with Gasteiger partial charge in [-0.15, -0.1) is 0 Å². The van der Waals surface area contributed by atoms with Gasteiger partial charge in [0.05, 0.1) is 12.2 Å². The molecule has 2 fully saturated rings. The molecule has 0 aromatic heterocycles. The molecule has 2 saturated carbocycles. The monoisotopic (exact) mass is 499 g/mol. The molecule has 0 aromatic carbocycles. The van der Waals surface area contributed by atoms with Crippen molar-refractivity contribution in [2.45, 2.75) is 74.5 Å². The number of nitrogens with two attached hydrogens (primary N) is 2. The van der Waals surface area contributed by atoms with Crippen LogP contribution in [0.15, 0.2) is 0 Å². The summed E-state index contributed by atoms with van der Waals surface area (Å²) in [5, 5.41) is 48.7. The van der Waals surface area contributed by atoms with E-state index in [9.17, 15) is 15.0 Å². The molecule has 2 aliphatic rings. The SMILES string of the molecule is NC1CCCCC1N.O=C([O-])C1([O-])CC(O)C(O)C(O)C1.[Pt+2]. The summed E-state index contributed by atoms with van der Waals surface area (Å²) in [5.41, 5.74) is 8.80. The fourth-order valence-corrected chi connectivity index (χ4v) is 2.61. The normalized spacial score (nSPS) is 41.6. The maximum Gasteiger partial charge on any atom is 2.00 e. The molecule has 132 valence electrons. The first-order chi connectivity index (χ1) is 9.67. The number of aliphatic hydroxyl groups is 3. The molecule has 0 aromatic rings. The summed E-state index contributed by atoms with van der Waals surface area (Å²) in [4.78, 5) is 10.3. The van der Waals surface area contributed by atoms with Gasteiger partial charge in [-0.25, -0.2) is 0 Å². The minimum Gasteiger partial charge on any atom is -0.845 e. The van der Waals surface area contributed by atoms with Gasteiger partial charge in [-0.05, 0) is 25.7 Å². The van der Waals surface area contributed by atoms with Crippen LogP contribution in [0, 0.1) is 0 Å². The largest absolute Gasteiger partial charge is 2.00 e. The van der Waals surface area contributed by atoms with Gasteiger partial charge in [-0.2, -0.15) is 0 Å². The number of carboxylic acids is 1. The molecule has 9 heteroatoms. The second-order valence-corrected chi connectivity index (χ2v) is 5.93. The second-order valence-electron chi connectivity index (χ2n) is 5.93. The summed E-state index contributed by atoms with van der Waals surface area (Å²) in [6.45, 7) is 0. The van der Waals surface area contributed by atoms with Crippen molar-refractivity contribution >= 4 is 5.97 Å². The van der Waals surface area contributed by atoms with Gasteiger partial charge in [0.1, 0.15) is 6.10 Å². The minimum absolute atomic E-state index is 0. The second kappa shape index (κ2) is 9.27. The molecule has 8 nitrogen and oxygen atoms in total. The van der Waals surface area contributed by atoms with E-state index in [1.54, 1.807) is 0 Å². The number of aliphatic carboxylic acids is 1. The Morgan fingerprint density at radius 2 is 1.36 bits per heavy atom. The Labute approximate surface area is 143 Å². The summed E-state index contributed by atoms with van der Waals surface area (Å²) in [6, 6.07) is 0.562. The zero-order valence-corrected chi connectivity index (χ0v) is 14.4. The number of hydrogen-bond donors (Lipinski definition) is 5. The van der Waals surface area contributed by atoms with E-state index in [1.165, 1.54) is 12.8 Å². The van der Waals surface area contributed by atoms with Gasteiger partial charge in [0, 0.05) is 18.1 Å². The van der Waals surface area contributed by atoms with E-state index in [1.807, 2.05) is 0 Å². The fourth-order valence-electron chi connectivity index (χ4n) is 2.61. The van der Waals surface area contributed by atoms with Crippen LogP contribution in [0.25, 0.3) is 0 Å². The number of carbonyl (C=O) groups excluding carboxylic acids is 1. The van der Waals surface area contributed by atoms with Crippen LogP contribution in [-0.4, -0.2) is 57.3 Å². The molecule has 22 heavy (non-hydrogen) atoms. The van der Waals surface area contributed by atoms with Crippen LogP contribution in [0.1, 0.15) is 38.5 Å². The Morgan fingerprint density at radius 1 is 1.00 bits per heavy atom. The Kier molecular flexibility index (Phi) is 9.24. The van der Waals surface area contributed by atoms with Crippen LogP contribution < -0.4 is 21.7 Å². The van der Waals surface area contributed by atoms with E-state index >= 15 is 0 Å². The maximum absolute atomic E-state index is 11.3. The molecule has 0 saturated heterocycles. The average molecular weight is 499 g/mol. The quantitative estimate of drug-likeness (QED) is 0.242. The van der Waals surface area contributed by atoms with E-state index in [0.29, 0.717) is 0 Å². The van der Waals surface area contributed by atoms with Gasteiger partial charge in [0.2, 0.25) is 0 Å². The van der Waals surface area contributed by atoms with E-state index in [4.69, 9.17) is 26.8 Å². The van der Waals surface area contributed by atoms with Crippen molar-refractivity contribution in [3.05, 3.63) is 0 Å². The van der Waals surface area contributed by atoms with Gasteiger partial charge in [0.15, 0.2) is 0 Å². The Morgan fingerprint density at radius 3 is 1.64 bits per heavy atom. The Hall–Kier alpha value is -0.0817. The smallest absolute Gasteiger partial charge is 0.845 e. The molecule has 0 bridgehead atoms. The third kappa shape index (κ3) is 5.85. The summed E-state index contributed by atoms with van der Waals surface area (Å²) < 4.78 is 0. The van der Waals surface area contributed by atoms with E-state index in [-0.39, 0.29) is 33.1 Å². The van der Waals surface area contributed by atoms with Crippen LogP contribution in [0.2, 0.25) is 0 Å². The van der Waals surface area contributed by atoms with Crippen molar-refractivity contribution in [2.75, 3.05) is 0 Å². The van der Waals surface area contributed by atoms with Crippen LogP contribution in [0.3, 0.4) is 0 Å². The number of hydrogen-bond acceptors (Lipinski definition) is 8. The van der Waals surface area contributed by atoms with Crippen LogP contribution in [0.4, 0.5) is 0 Å². The predicted molar refractivity (Wildman–Crippen MR) is 69.4 cm³/mol. The molecule has 4 atom stereocenters. The van der Waals surface area contributed by atoms with Crippen molar-refractivity contribution in [3.63, 3.8) is 0 Å². The minimum atomic E-state index is -2.50. The maximum atomic E-state index is 11.3. The van der Waals surface area contributed by atoms with E-state index in [0.717, 1.165) is 12.8 Å². The molecule has 0 radical (unpaired) electrons. The number of carbonyl (C=O) groups is 1. The van der Waals surface area contributed by atoms with E-state index in [2.05, 4.69) is 0 Å². The molecule has 7 N–H and O–H groups in total. The van der Waals surface area contributed by atoms with E-state index < -0.39 is 42.7 Å². The van der Waals surface area contributed by atoms with Gasteiger partial charge in [-0.3, -0.25) is 0 Å². The molecule has 2 aliphatic carbocycles. The standard InChI is InChI=1S/C7H11O6.C6H14N2.Pt/c8-3-1-7(13,6(11)12)2-4(9)5(3)10;7-5-3-1-2-4-6(5)8;/h3-5,8-10H,1-2H2,(H,11,12);5-6H,1-4,7-8H2;/q-1;;+2/p-1. The molecule has 0 heterocycles. The molecular weight excluding hydrogens is 475 g/mol. The van der Waals surface area contributed by atoms with Crippen LogP contribution in [0.5, 0.6) is 0 Å². The topological polar surface area (TPSA) is 176 Å². The zero-order chi connectivity index (χ0) is 16.2. The first kappa shape index (κ1) is 21.9. The summed E-state index contributed by atoms with van der Waals surface area (Å²) in [6.07, 6.45) is -0.979. The third-order valence-electron chi connectivity index (χ3n) is 4.11. The van der Waals surface area contributed by atoms with Crippen molar-refractivity contribution in [1.29, 1.82) is 0 Å². The first-order valence-electron chi connectivity index (χ1n) is 7.14. The van der Waals surface area contributed by atoms with Gasteiger partial charge >= 0.3 is 21.1 Å². The Bertz CT molecular complexity index is 337. The number of carboxylic acid groups (broad SMARTS) is 1. The van der Waals surface area contributed by atoms with Gasteiger partial charge in [0.25, 0.3) is 0 Å². The van der Waals surface area contributed by atoms with Crippen LogP contribution >= 0.6 is 0 Å². The zero-order valence-electron chi connectivity index (χ0n) is 12.2. The summed E-state index contributed by atoms with van der Waals surface area (Å²) in [7, 11) is 0. The van der Waals surface area contributed by atoms with Gasteiger partial charge in [-0.1, -0.05) is 18.4 Å². The first-order valence-corrected chi connectivity index (χ1v) is 7.14. The Balaban J connectivity index is 0.000000423. The summed E-state index contributed by atoms with van der Waals surface area (Å²) in [5.74, 6) is -1.86. The average Bonchev–Trinajstić information content (AvgIpc) is 2.40. The predicted octanol–water partition coefficient (Wildman–Crippen LogP) is -4.08. The fraction of sp³-hybridized carbons (Fsp3) is 0.923.